The van der Waals surface area contributed by atoms with Crippen LogP contribution >= 0.6 is 0 Å². The van der Waals surface area contributed by atoms with E-state index in [1.165, 1.54) is 0 Å². The highest BCUT2D eigenvalue weighted by Gasteiger charge is 2.53. The van der Waals surface area contributed by atoms with Gasteiger partial charge in [-0.3, -0.25) is 9.59 Å². The molecule has 86 valence electrons. The molecule has 0 bridgehead atoms. The molecule has 1 saturated carbocycles. The number of carbonyl (C=O) groups excluding carboxylic acids is 2. The first-order valence-corrected chi connectivity index (χ1v) is 5.37. The quantitative estimate of drug-likeness (QED) is 0.653. The molecule has 0 aromatic rings. The predicted octanol–water partition coefficient (Wildman–Crippen LogP) is 1.67. The third kappa shape index (κ3) is 3.22. The van der Waals surface area contributed by atoms with Crippen molar-refractivity contribution >= 4 is 11.9 Å². The largest absolute Gasteiger partial charge is 0.466 e. The number of ether oxygens (including phenoxy) is 2. The summed E-state index contributed by atoms with van der Waals surface area (Å²) in [6.07, 6.45) is 1.50. The minimum atomic E-state index is -0.567. The average molecular weight is 214 g/mol. The lowest BCUT2D eigenvalue weighted by Gasteiger charge is -2.14. The van der Waals surface area contributed by atoms with E-state index in [0.717, 1.165) is 12.8 Å². The summed E-state index contributed by atoms with van der Waals surface area (Å²) in [6, 6.07) is 0. The standard InChI is InChI=1S/C11H18O4/c1-4-14-10(13)11(5-6-11)7-9(12)15-8(2)3/h8H,4-7H2,1-3H3. The molecule has 0 atom stereocenters. The molecule has 15 heavy (non-hydrogen) atoms. The molecule has 0 unspecified atom stereocenters. The molecule has 1 aliphatic carbocycles. The fourth-order valence-corrected chi connectivity index (χ4v) is 1.47. The number of hydrogen-bond donors (Lipinski definition) is 0. The van der Waals surface area contributed by atoms with Gasteiger partial charge in [-0.2, -0.15) is 0 Å². The molecule has 0 saturated heterocycles. The summed E-state index contributed by atoms with van der Waals surface area (Å²) >= 11 is 0. The van der Waals surface area contributed by atoms with E-state index in [4.69, 9.17) is 9.47 Å². The van der Waals surface area contributed by atoms with Crippen LogP contribution in [-0.4, -0.2) is 24.6 Å². The van der Waals surface area contributed by atoms with Crippen LogP contribution in [0.1, 0.15) is 40.0 Å². The van der Waals surface area contributed by atoms with E-state index in [9.17, 15) is 9.59 Å². The number of hydrogen-bond acceptors (Lipinski definition) is 4. The van der Waals surface area contributed by atoms with E-state index >= 15 is 0 Å². The van der Waals surface area contributed by atoms with Crippen molar-refractivity contribution < 1.29 is 19.1 Å². The molecule has 4 heteroatoms. The lowest BCUT2D eigenvalue weighted by molar-refractivity contribution is -0.158. The van der Waals surface area contributed by atoms with Crippen molar-refractivity contribution in [2.24, 2.45) is 5.41 Å². The Hall–Kier alpha value is -1.06. The van der Waals surface area contributed by atoms with Crippen molar-refractivity contribution in [1.82, 2.24) is 0 Å². The van der Waals surface area contributed by atoms with Gasteiger partial charge in [-0.15, -0.1) is 0 Å². The van der Waals surface area contributed by atoms with Crippen molar-refractivity contribution in [1.29, 1.82) is 0 Å². The highest BCUT2D eigenvalue weighted by molar-refractivity contribution is 5.86. The zero-order chi connectivity index (χ0) is 11.5. The highest BCUT2D eigenvalue weighted by Crippen LogP contribution is 2.50. The van der Waals surface area contributed by atoms with Crippen molar-refractivity contribution in [3.8, 4) is 0 Å². The SMILES string of the molecule is CCOC(=O)C1(CC(=O)OC(C)C)CC1. The normalized spacial score (nSPS) is 17.3. The highest BCUT2D eigenvalue weighted by atomic mass is 16.5. The van der Waals surface area contributed by atoms with Gasteiger partial charge in [-0.25, -0.2) is 0 Å². The second-order valence-corrected chi connectivity index (χ2v) is 4.22. The van der Waals surface area contributed by atoms with Gasteiger partial charge in [0.2, 0.25) is 0 Å². The third-order valence-electron chi connectivity index (χ3n) is 2.41. The Morgan fingerprint density at radius 1 is 1.33 bits per heavy atom. The smallest absolute Gasteiger partial charge is 0.312 e. The number of carbonyl (C=O) groups is 2. The maximum absolute atomic E-state index is 11.5. The summed E-state index contributed by atoms with van der Waals surface area (Å²) in [4.78, 5) is 22.9. The van der Waals surface area contributed by atoms with Crippen LogP contribution in [0.5, 0.6) is 0 Å². The third-order valence-corrected chi connectivity index (χ3v) is 2.41. The molecule has 0 spiro atoms. The van der Waals surface area contributed by atoms with Gasteiger partial charge < -0.3 is 9.47 Å². The van der Waals surface area contributed by atoms with Gasteiger partial charge >= 0.3 is 11.9 Å². The second-order valence-electron chi connectivity index (χ2n) is 4.22. The zero-order valence-electron chi connectivity index (χ0n) is 9.54. The van der Waals surface area contributed by atoms with Crippen LogP contribution in [0.3, 0.4) is 0 Å². The van der Waals surface area contributed by atoms with Crippen LogP contribution < -0.4 is 0 Å². The average Bonchev–Trinajstić information content (AvgIpc) is 2.84. The Bertz CT molecular complexity index is 253. The van der Waals surface area contributed by atoms with Gasteiger partial charge in [-0.05, 0) is 33.6 Å². The van der Waals surface area contributed by atoms with Crippen LogP contribution in [0.25, 0.3) is 0 Å². The molecule has 0 radical (unpaired) electrons. The van der Waals surface area contributed by atoms with E-state index in [2.05, 4.69) is 0 Å². The Labute approximate surface area is 89.9 Å². The lowest BCUT2D eigenvalue weighted by Crippen LogP contribution is -2.24. The first kappa shape index (κ1) is 12.0. The van der Waals surface area contributed by atoms with Crippen molar-refractivity contribution in [2.75, 3.05) is 6.61 Å². The monoisotopic (exact) mass is 214 g/mol. The van der Waals surface area contributed by atoms with Gasteiger partial charge in [0.1, 0.15) is 0 Å². The first-order valence-electron chi connectivity index (χ1n) is 5.37. The van der Waals surface area contributed by atoms with E-state index < -0.39 is 5.41 Å². The molecular weight excluding hydrogens is 196 g/mol. The van der Waals surface area contributed by atoms with Crippen LogP contribution in [0.2, 0.25) is 0 Å². The molecule has 1 aliphatic rings. The number of esters is 2. The maximum atomic E-state index is 11.5. The fourth-order valence-electron chi connectivity index (χ4n) is 1.47. The second kappa shape index (κ2) is 4.64. The molecule has 0 aliphatic heterocycles. The van der Waals surface area contributed by atoms with Crippen LogP contribution in [-0.2, 0) is 19.1 Å². The van der Waals surface area contributed by atoms with E-state index in [0.29, 0.717) is 6.61 Å². The minimum absolute atomic E-state index is 0.129. The topological polar surface area (TPSA) is 52.6 Å². The predicted molar refractivity (Wildman–Crippen MR) is 54.1 cm³/mol. The summed E-state index contributed by atoms with van der Waals surface area (Å²) in [5, 5.41) is 0. The molecule has 0 amide bonds. The molecule has 0 heterocycles. The molecule has 1 rings (SSSR count). The Kier molecular flexibility index (Phi) is 3.72. The zero-order valence-corrected chi connectivity index (χ0v) is 9.54. The lowest BCUT2D eigenvalue weighted by atomic mass is 10.0. The van der Waals surface area contributed by atoms with Crippen LogP contribution in [0.4, 0.5) is 0 Å². The molecule has 0 aromatic heterocycles. The molecule has 0 aromatic carbocycles. The fraction of sp³-hybridized carbons (Fsp3) is 0.818. The van der Waals surface area contributed by atoms with E-state index in [1.54, 1.807) is 20.8 Å². The Morgan fingerprint density at radius 2 is 1.93 bits per heavy atom. The summed E-state index contributed by atoms with van der Waals surface area (Å²) in [6.45, 7) is 5.71. The van der Waals surface area contributed by atoms with Crippen molar-refractivity contribution in [3.63, 3.8) is 0 Å². The van der Waals surface area contributed by atoms with Crippen molar-refractivity contribution in [3.05, 3.63) is 0 Å². The van der Waals surface area contributed by atoms with E-state index in [-0.39, 0.29) is 24.5 Å². The number of rotatable bonds is 5. The minimum Gasteiger partial charge on any atom is -0.466 e. The van der Waals surface area contributed by atoms with Crippen LogP contribution in [0, 0.1) is 5.41 Å². The van der Waals surface area contributed by atoms with Gasteiger partial charge in [0.05, 0.1) is 24.5 Å². The van der Waals surface area contributed by atoms with Gasteiger partial charge in [0.15, 0.2) is 0 Å². The van der Waals surface area contributed by atoms with Gasteiger partial charge in [0, 0.05) is 0 Å². The van der Waals surface area contributed by atoms with Crippen molar-refractivity contribution in [2.45, 2.75) is 46.1 Å². The Morgan fingerprint density at radius 3 is 2.33 bits per heavy atom. The Balaban J connectivity index is 2.43. The first-order chi connectivity index (χ1) is 7.00. The maximum Gasteiger partial charge on any atom is 0.312 e. The molecular formula is C11H18O4. The summed E-state index contributed by atoms with van der Waals surface area (Å²) < 4.78 is 9.94. The van der Waals surface area contributed by atoms with Crippen LogP contribution in [0.15, 0.2) is 0 Å². The summed E-state index contributed by atoms with van der Waals surface area (Å²) in [7, 11) is 0. The molecule has 0 N–H and O–H groups in total. The summed E-state index contributed by atoms with van der Waals surface area (Å²) in [5.74, 6) is -0.568. The van der Waals surface area contributed by atoms with E-state index in [1.807, 2.05) is 0 Å². The van der Waals surface area contributed by atoms with Gasteiger partial charge in [0.25, 0.3) is 0 Å². The molecule has 1 fully saturated rings. The van der Waals surface area contributed by atoms with Gasteiger partial charge in [-0.1, -0.05) is 0 Å². The molecule has 4 nitrogen and oxygen atoms in total. The summed E-state index contributed by atoms with van der Waals surface area (Å²) in [5.41, 5.74) is -0.567.